The van der Waals surface area contributed by atoms with Crippen molar-refractivity contribution >= 4 is 13.3 Å². The maximum Gasteiger partial charge on any atom is 0.548 e. The largest absolute Gasteiger partial charge is 0.548 e. The molecule has 0 amide bonds. The van der Waals surface area contributed by atoms with Gasteiger partial charge in [0.15, 0.2) is 5.79 Å². The van der Waals surface area contributed by atoms with Gasteiger partial charge in [0.1, 0.15) is 12.7 Å². The molecule has 0 aromatic heterocycles. The van der Waals surface area contributed by atoms with Gasteiger partial charge in [0.2, 0.25) is 5.30 Å². The summed E-state index contributed by atoms with van der Waals surface area (Å²) in [6, 6.07) is 9.13. The molecule has 1 aliphatic rings. The fourth-order valence-corrected chi connectivity index (χ4v) is 2.49. The lowest BCUT2D eigenvalue weighted by Gasteiger charge is -2.15. The van der Waals surface area contributed by atoms with E-state index < -0.39 is 13.8 Å². The third-order valence-corrected chi connectivity index (χ3v) is 3.52. The van der Waals surface area contributed by atoms with Gasteiger partial charge in [-0.2, -0.15) is 0 Å². The molecule has 0 saturated carbocycles. The van der Waals surface area contributed by atoms with Crippen LogP contribution in [0.4, 0.5) is 0 Å². The second-order valence-electron chi connectivity index (χ2n) is 4.34. The van der Waals surface area contributed by atoms with Crippen LogP contribution in [0.5, 0.6) is 0 Å². The van der Waals surface area contributed by atoms with Crippen LogP contribution < -0.4 is 5.30 Å². The Morgan fingerprint density at radius 3 is 2.71 bits per heavy atom. The molecule has 0 radical (unpaired) electrons. The van der Waals surface area contributed by atoms with Crippen LogP contribution in [-0.4, -0.2) is 25.1 Å². The Bertz CT molecular complexity index is 391. The second kappa shape index (κ2) is 5.23. The molecule has 0 bridgehead atoms. The number of benzene rings is 1. The molecule has 1 heterocycles. The Morgan fingerprint density at radius 2 is 2.12 bits per heavy atom. The van der Waals surface area contributed by atoms with Crippen LogP contribution >= 0.6 is 8.03 Å². The van der Waals surface area contributed by atoms with E-state index in [0.29, 0.717) is 11.9 Å². The topological polar surface area (TPSA) is 44.8 Å². The summed E-state index contributed by atoms with van der Waals surface area (Å²) in [6.07, 6.45) is -0.146. The van der Waals surface area contributed by atoms with Crippen molar-refractivity contribution in [2.75, 3.05) is 13.2 Å². The van der Waals surface area contributed by atoms with Crippen molar-refractivity contribution in [2.45, 2.75) is 25.7 Å². The first-order valence-corrected chi connectivity index (χ1v) is 6.71. The summed E-state index contributed by atoms with van der Waals surface area (Å²) in [5, 5.41) is 0.695. The normalized spacial score (nSPS) is 23.6. The van der Waals surface area contributed by atoms with Gasteiger partial charge in [-0.1, -0.05) is 18.2 Å². The van der Waals surface area contributed by atoms with Crippen molar-refractivity contribution in [1.29, 1.82) is 0 Å². The molecule has 1 aromatic carbocycles. The quantitative estimate of drug-likeness (QED) is 0.774. The van der Waals surface area contributed by atoms with E-state index in [1.807, 2.05) is 32.0 Å². The summed E-state index contributed by atoms with van der Waals surface area (Å²) < 4.78 is 28.1. The predicted octanol–water partition coefficient (Wildman–Crippen LogP) is 2.22. The lowest BCUT2D eigenvalue weighted by atomic mass is 10.4. The minimum atomic E-state index is -1.81. The number of hydrogen-bond acceptors (Lipinski definition) is 4. The number of ether oxygens (including phenoxy) is 2. The van der Waals surface area contributed by atoms with E-state index in [4.69, 9.17) is 14.0 Å². The molecule has 17 heavy (non-hydrogen) atoms. The Morgan fingerprint density at radius 1 is 1.41 bits per heavy atom. The van der Waals surface area contributed by atoms with E-state index in [9.17, 15) is 4.57 Å². The SMILES string of the molecule is CC1(C)OCC(CO[P+](=O)c2ccccc2)O1. The summed E-state index contributed by atoms with van der Waals surface area (Å²) >= 11 is 0. The van der Waals surface area contributed by atoms with Crippen LogP contribution in [0.15, 0.2) is 30.3 Å². The van der Waals surface area contributed by atoms with Gasteiger partial charge >= 0.3 is 8.03 Å². The summed E-state index contributed by atoms with van der Waals surface area (Å²) in [5.74, 6) is -0.563. The zero-order valence-corrected chi connectivity index (χ0v) is 10.9. The fraction of sp³-hybridized carbons (Fsp3) is 0.500. The summed E-state index contributed by atoms with van der Waals surface area (Å²) in [6.45, 7) is 4.47. The summed E-state index contributed by atoms with van der Waals surface area (Å²) in [5.41, 5.74) is 0. The molecule has 92 valence electrons. The molecule has 0 spiro atoms. The number of hydrogen-bond donors (Lipinski definition) is 0. The highest BCUT2D eigenvalue weighted by molar-refractivity contribution is 7.48. The van der Waals surface area contributed by atoms with Crippen LogP contribution in [-0.2, 0) is 18.6 Å². The van der Waals surface area contributed by atoms with E-state index in [1.165, 1.54) is 0 Å². The first-order chi connectivity index (χ1) is 8.07. The molecule has 1 aliphatic heterocycles. The van der Waals surface area contributed by atoms with E-state index in [1.54, 1.807) is 12.1 Å². The van der Waals surface area contributed by atoms with Gasteiger partial charge in [-0.25, -0.2) is 0 Å². The highest BCUT2D eigenvalue weighted by atomic mass is 31.1. The molecule has 2 atom stereocenters. The third kappa shape index (κ3) is 3.58. The monoisotopic (exact) mass is 255 g/mol. The molecular formula is C12H16O4P+. The molecule has 0 N–H and O–H groups in total. The maximum absolute atomic E-state index is 11.8. The molecule has 1 aromatic rings. The molecule has 4 nitrogen and oxygen atoms in total. The van der Waals surface area contributed by atoms with Crippen molar-refractivity contribution in [1.82, 2.24) is 0 Å². The zero-order valence-electron chi connectivity index (χ0n) is 9.96. The summed E-state index contributed by atoms with van der Waals surface area (Å²) in [7, 11) is -1.81. The van der Waals surface area contributed by atoms with Crippen molar-refractivity contribution in [2.24, 2.45) is 0 Å². The Balaban J connectivity index is 1.82. The highest BCUT2D eigenvalue weighted by Crippen LogP contribution is 2.26. The average Bonchev–Trinajstić information content (AvgIpc) is 2.67. The van der Waals surface area contributed by atoms with E-state index in [-0.39, 0.29) is 12.7 Å². The zero-order chi connectivity index (χ0) is 12.3. The van der Waals surface area contributed by atoms with Crippen molar-refractivity contribution in [3.8, 4) is 0 Å². The average molecular weight is 255 g/mol. The van der Waals surface area contributed by atoms with Gasteiger partial charge < -0.3 is 9.47 Å². The van der Waals surface area contributed by atoms with Crippen LogP contribution in [0.2, 0.25) is 0 Å². The molecular weight excluding hydrogens is 239 g/mol. The minimum absolute atomic E-state index is 0.146. The van der Waals surface area contributed by atoms with Crippen LogP contribution in [0.25, 0.3) is 0 Å². The molecule has 5 heteroatoms. The first-order valence-electron chi connectivity index (χ1n) is 5.54. The van der Waals surface area contributed by atoms with Gasteiger partial charge in [0.25, 0.3) is 0 Å². The van der Waals surface area contributed by atoms with Crippen molar-refractivity contribution in [3.63, 3.8) is 0 Å². The lowest BCUT2D eigenvalue weighted by Crippen LogP contribution is -2.23. The summed E-state index contributed by atoms with van der Waals surface area (Å²) in [4.78, 5) is 0. The minimum Gasteiger partial charge on any atom is -0.348 e. The standard InChI is InChI=1S/C12H16O4P/c1-12(2)14-8-10(16-12)9-15-17(13)11-6-4-3-5-7-11/h3-7,10H,8-9H2,1-2H3/q+1. The lowest BCUT2D eigenvalue weighted by molar-refractivity contribution is -0.141. The van der Waals surface area contributed by atoms with Crippen LogP contribution in [0, 0.1) is 0 Å². The van der Waals surface area contributed by atoms with Gasteiger partial charge in [0, 0.05) is 0 Å². The Hall–Kier alpha value is -0.800. The molecule has 0 aliphatic carbocycles. The van der Waals surface area contributed by atoms with Gasteiger partial charge in [-0.15, -0.1) is 4.52 Å². The predicted molar refractivity (Wildman–Crippen MR) is 64.5 cm³/mol. The Labute approximate surface area is 102 Å². The van der Waals surface area contributed by atoms with Gasteiger partial charge in [-0.05, 0) is 30.5 Å². The van der Waals surface area contributed by atoms with E-state index >= 15 is 0 Å². The molecule has 1 fully saturated rings. The molecule has 2 unspecified atom stereocenters. The van der Waals surface area contributed by atoms with Gasteiger partial charge in [0.05, 0.1) is 6.61 Å². The molecule has 2 rings (SSSR count). The van der Waals surface area contributed by atoms with Gasteiger partial charge in [-0.3, -0.25) is 0 Å². The van der Waals surface area contributed by atoms with Crippen LogP contribution in [0.1, 0.15) is 13.8 Å². The maximum atomic E-state index is 11.8. The van der Waals surface area contributed by atoms with Crippen molar-refractivity contribution in [3.05, 3.63) is 30.3 Å². The third-order valence-electron chi connectivity index (χ3n) is 2.41. The highest BCUT2D eigenvalue weighted by Gasteiger charge is 2.35. The number of rotatable bonds is 4. The van der Waals surface area contributed by atoms with E-state index in [0.717, 1.165) is 0 Å². The fourth-order valence-electron chi connectivity index (χ4n) is 1.62. The second-order valence-corrected chi connectivity index (χ2v) is 5.63. The molecule has 1 saturated heterocycles. The smallest absolute Gasteiger partial charge is 0.348 e. The van der Waals surface area contributed by atoms with Crippen LogP contribution in [0.3, 0.4) is 0 Å². The Kier molecular flexibility index (Phi) is 3.89. The van der Waals surface area contributed by atoms with Crippen molar-refractivity contribution < 1.29 is 18.6 Å². The van der Waals surface area contributed by atoms with E-state index in [2.05, 4.69) is 0 Å². The first kappa shape index (κ1) is 12.7.